The zero-order chi connectivity index (χ0) is 21.7. The van der Waals surface area contributed by atoms with Crippen molar-refractivity contribution in [1.29, 1.82) is 0 Å². The molecule has 2 aromatic carbocycles. The van der Waals surface area contributed by atoms with E-state index in [1.165, 1.54) is 18.1 Å². The Balaban J connectivity index is 2.71. The van der Waals surface area contributed by atoms with Crippen LogP contribution in [0.3, 0.4) is 0 Å². The van der Waals surface area contributed by atoms with E-state index in [1.54, 1.807) is 14.2 Å². The molecule has 0 aromatic heterocycles. The van der Waals surface area contributed by atoms with Crippen molar-refractivity contribution in [1.82, 2.24) is 10.9 Å². The third-order valence-corrected chi connectivity index (χ3v) is 5.24. The van der Waals surface area contributed by atoms with Gasteiger partial charge in [0.2, 0.25) is 5.91 Å². The first-order valence-electron chi connectivity index (χ1n) is 10.1. The Bertz CT molecular complexity index is 859. The summed E-state index contributed by atoms with van der Waals surface area (Å²) in [7, 11) is 3.29. The Kier molecular flexibility index (Phi) is 7.68. The summed E-state index contributed by atoms with van der Waals surface area (Å²) in [5, 5.41) is 0. The minimum Gasteiger partial charge on any atom is -0.497 e. The second kappa shape index (κ2) is 9.79. The molecule has 2 rings (SSSR count). The van der Waals surface area contributed by atoms with Crippen molar-refractivity contribution in [2.24, 2.45) is 0 Å². The fourth-order valence-corrected chi connectivity index (χ4v) is 3.52. The lowest BCUT2D eigenvalue weighted by atomic mass is 9.85. The van der Waals surface area contributed by atoms with Gasteiger partial charge in [0.1, 0.15) is 11.5 Å². The van der Waals surface area contributed by atoms with Crippen molar-refractivity contribution < 1.29 is 14.3 Å². The molecule has 0 heterocycles. The maximum absolute atomic E-state index is 11.7. The van der Waals surface area contributed by atoms with Crippen LogP contribution < -0.4 is 20.3 Å². The fraction of sp³-hybridized carbons (Fsp3) is 0.458. The summed E-state index contributed by atoms with van der Waals surface area (Å²) in [6, 6.07) is 10.2. The molecule has 5 nitrogen and oxygen atoms in total. The molecule has 158 valence electrons. The van der Waals surface area contributed by atoms with E-state index < -0.39 is 0 Å². The van der Waals surface area contributed by atoms with Gasteiger partial charge in [0.05, 0.1) is 20.3 Å². The van der Waals surface area contributed by atoms with Crippen LogP contribution in [0.2, 0.25) is 0 Å². The van der Waals surface area contributed by atoms with Gasteiger partial charge in [-0.25, -0.2) is 5.43 Å². The molecule has 1 unspecified atom stereocenters. The summed E-state index contributed by atoms with van der Waals surface area (Å²) in [5.41, 5.74) is 11.7. The van der Waals surface area contributed by atoms with Gasteiger partial charge in [-0.3, -0.25) is 10.2 Å². The van der Waals surface area contributed by atoms with E-state index in [4.69, 9.17) is 9.47 Å². The molecule has 0 saturated carbocycles. The predicted octanol–water partition coefficient (Wildman–Crippen LogP) is 4.99. The third-order valence-electron chi connectivity index (χ3n) is 5.24. The lowest BCUT2D eigenvalue weighted by Crippen LogP contribution is -2.39. The Morgan fingerprint density at radius 2 is 1.59 bits per heavy atom. The number of nitrogens with one attached hydrogen (secondary N) is 2. The number of carbonyl (C=O) groups excluding carboxylic acids is 1. The van der Waals surface area contributed by atoms with E-state index in [1.807, 2.05) is 19.1 Å². The molecule has 0 saturated heterocycles. The molecule has 0 bridgehead atoms. The van der Waals surface area contributed by atoms with Crippen molar-refractivity contribution in [3.05, 3.63) is 58.1 Å². The van der Waals surface area contributed by atoms with Gasteiger partial charge in [-0.2, -0.15) is 0 Å². The number of benzene rings is 2. The molecule has 0 spiro atoms. The molecule has 0 aliphatic rings. The highest BCUT2D eigenvalue weighted by Gasteiger charge is 2.24. The third kappa shape index (κ3) is 5.30. The van der Waals surface area contributed by atoms with Crippen LogP contribution in [0.4, 0.5) is 0 Å². The molecule has 0 radical (unpaired) electrons. The highest BCUT2D eigenvalue weighted by atomic mass is 16.5. The minimum atomic E-state index is -0.249. The number of hydrazine groups is 1. The predicted molar refractivity (Wildman–Crippen MR) is 118 cm³/mol. The zero-order valence-corrected chi connectivity index (χ0v) is 18.8. The van der Waals surface area contributed by atoms with Crippen molar-refractivity contribution in [2.75, 3.05) is 14.2 Å². The molecule has 1 amide bonds. The molecule has 0 fully saturated rings. The van der Waals surface area contributed by atoms with Crippen LogP contribution >= 0.6 is 0 Å². The van der Waals surface area contributed by atoms with Crippen LogP contribution in [0, 0.1) is 6.92 Å². The average molecular weight is 399 g/mol. The number of ether oxygens (including phenoxy) is 2. The van der Waals surface area contributed by atoms with E-state index in [9.17, 15) is 4.79 Å². The number of amides is 1. The van der Waals surface area contributed by atoms with Crippen LogP contribution in [0.25, 0.3) is 0 Å². The zero-order valence-electron chi connectivity index (χ0n) is 18.8. The van der Waals surface area contributed by atoms with E-state index in [0.717, 1.165) is 22.4 Å². The first-order valence-corrected chi connectivity index (χ1v) is 10.1. The van der Waals surface area contributed by atoms with Crippen molar-refractivity contribution in [2.45, 2.75) is 59.4 Å². The van der Waals surface area contributed by atoms with Crippen molar-refractivity contribution in [3.63, 3.8) is 0 Å². The van der Waals surface area contributed by atoms with Gasteiger partial charge >= 0.3 is 0 Å². The first-order chi connectivity index (χ1) is 13.7. The standard InChI is InChI=1S/C24H34N2O3/c1-14(2)18-9-10-20(21(11-18)15(3)4)24(26-25-17(6)27)22-12-19(28-7)13-23(29-8)16(22)5/h9-15,24,26H,1-8H3,(H,25,27). The maximum atomic E-state index is 11.7. The largest absolute Gasteiger partial charge is 0.497 e. The number of carbonyl (C=O) groups is 1. The fourth-order valence-electron chi connectivity index (χ4n) is 3.52. The highest BCUT2D eigenvalue weighted by Crippen LogP contribution is 2.37. The Labute approximate surface area is 174 Å². The SMILES string of the molecule is COc1cc(OC)c(C)c(C(NNC(C)=O)c2ccc(C(C)C)cc2C(C)C)c1. The van der Waals surface area contributed by atoms with Crippen LogP contribution in [-0.4, -0.2) is 20.1 Å². The van der Waals surface area contributed by atoms with E-state index >= 15 is 0 Å². The number of methoxy groups -OCH3 is 2. The van der Waals surface area contributed by atoms with Gasteiger partial charge < -0.3 is 9.47 Å². The Morgan fingerprint density at radius 1 is 0.897 bits per heavy atom. The monoisotopic (exact) mass is 398 g/mol. The van der Waals surface area contributed by atoms with E-state index in [-0.39, 0.29) is 11.9 Å². The van der Waals surface area contributed by atoms with E-state index in [0.29, 0.717) is 17.6 Å². The molecule has 0 aliphatic heterocycles. The molecular formula is C24H34N2O3. The molecular weight excluding hydrogens is 364 g/mol. The Hall–Kier alpha value is -2.53. The van der Waals surface area contributed by atoms with Crippen LogP contribution in [0.15, 0.2) is 30.3 Å². The van der Waals surface area contributed by atoms with Gasteiger partial charge in [-0.1, -0.05) is 45.9 Å². The quantitative estimate of drug-likeness (QED) is 0.615. The van der Waals surface area contributed by atoms with Crippen molar-refractivity contribution >= 4 is 5.91 Å². The van der Waals surface area contributed by atoms with Gasteiger partial charge in [0.25, 0.3) is 0 Å². The summed E-state index contributed by atoms with van der Waals surface area (Å²) in [4.78, 5) is 11.7. The molecule has 29 heavy (non-hydrogen) atoms. The van der Waals surface area contributed by atoms with Gasteiger partial charge in [-0.15, -0.1) is 0 Å². The second-order valence-electron chi connectivity index (χ2n) is 8.00. The normalized spacial score (nSPS) is 12.2. The highest BCUT2D eigenvalue weighted by molar-refractivity contribution is 5.72. The van der Waals surface area contributed by atoms with Gasteiger partial charge in [0.15, 0.2) is 0 Å². The first kappa shape index (κ1) is 22.8. The summed E-state index contributed by atoms with van der Waals surface area (Å²) in [6.45, 7) is 12.3. The smallest absolute Gasteiger partial charge is 0.230 e. The number of hydrogen-bond acceptors (Lipinski definition) is 4. The van der Waals surface area contributed by atoms with Crippen LogP contribution in [-0.2, 0) is 4.79 Å². The number of hydrogen-bond donors (Lipinski definition) is 2. The summed E-state index contributed by atoms with van der Waals surface area (Å²) >= 11 is 0. The molecule has 2 N–H and O–H groups in total. The minimum absolute atomic E-state index is 0.146. The summed E-state index contributed by atoms with van der Waals surface area (Å²) in [6.07, 6.45) is 0. The molecule has 2 aromatic rings. The lowest BCUT2D eigenvalue weighted by Gasteiger charge is -2.27. The van der Waals surface area contributed by atoms with Crippen LogP contribution in [0.1, 0.15) is 80.3 Å². The number of rotatable bonds is 8. The molecule has 0 aliphatic carbocycles. The lowest BCUT2D eigenvalue weighted by molar-refractivity contribution is -0.120. The molecule has 5 heteroatoms. The van der Waals surface area contributed by atoms with Gasteiger partial charge in [-0.05, 0) is 52.6 Å². The topological polar surface area (TPSA) is 59.6 Å². The maximum Gasteiger partial charge on any atom is 0.230 e. The van der Waals surface area contributed by atoms with Gasteiger partial charge in [0, 0.05) is 13.0 Å². The summed E-state index contributed by atoms with van der Waals surface area (Å²) < 4.78 is 11.1. The van der Waals surface area contributed by atoms with Crippen LogP contribution in [0.5, 0.6) is 11.5 Å². The van der Waals surface area contributed by atoms with E-state index in [2.05, 4.69) is 56.7 Å². The summed E-state index contributed by atoms with van der Waals surface area (Å²) in [5.74, 6) is 2.09. The average Bonchev–Trinajstić information content (AvgIpc) is 2.68. The second-order valence-corrected chi connectivity index (χ2v) is 8.00. The molecule has 1 atom stereocenters. The van der Waals surface area contributed by atoms with Crippen molar-refractivity contribution in [3.8, 4) is 11.5 Å². The Morgan fingerprint density at radius 3 is 2.10 bits per heavy atom.